The van der Waals surface area contributed by atoms with Gasteiger partial charge in [0.05, 0.1) is 5.69 Å². The molecule has 2 heterocycles. The van der Waals surface area contributed by atoms with Crippen LogP contribution in [0.5, 0.6) is 0 Å². The van der Waals surface area contributed by atoms with Crippen LogP contribution in [-0.2, 0) is 4.79 Å². The summed E-state index contributed by atoms with van der Waals surface area (Å²) in [6.45, 7) is 0. The number of aromatic amines is 1. The molecule has 3 aromatic rings. The SMILES string of the molecule is O=C1C[C@H](c2ccccc2F)c2c(n[nH]c2-c2ccccc2)N1. The number of aromatic nitrogens is 2. The molecule has 0 saturated heterocycles. The van der Waals surface area contributed by atoms with E-state index in [2.05, 4.69) is 15.5 Å². The van der Waals surface area contributed by atoms with Gasteiger partial charge in [-0.15, -0.1) is 0 Å². The van der Waals surface area contributed by atoms with Crippen molar-refractivity contribution in [3.05, 3.63) is 71.5 Å². The van der Waals surface area contributed by atoms with Crippen molar-refractivity contribution >= 4 is 11.7 Å². The monoisotopic (exact) mass is 307 g/mol. The summed E-state index contributed by atoms with van der Waals surface area (Å²) < 4.78 is 14.3. The fraction of sp³-hybridized carbons (Fsp3) is 0.111. The van der Waals surface area contributed by atoms with E-state index >= 15 is 0 Å². The number of rotatable bonds is 2. The van der Waals surface area contributed by atoms with Gasteiger partial charge in [-0.1, -0.05) is 48.5 Å². The van der Waals surface area contributed by atoms with E-state index < -0.39 is 0 Å². The van der Waals surface area contributed by atoms with Gasteiger partial charge in [-0.25, -0.2) is 4.39 Å². The van der Waals surface area contributed by atoms with Gasteiger partial charge in [0.25, 0.3) is 0 Å². The Morgan fingerprint density at radius 1 is 1.04 bits per heavy atom. The second-order valence-electron chi connectivity index (χ2n) is 5.55. The van der Waals surface area contributed by atoms with Gasteiger partial charge in [0.2, 0.25) is 5.91 Å². The number of anilines is 1. The third-order valence-corrected chi connectivity index (χ3v) is 4.14. The van der Waals surface area contributed by atoms with Crippen molar-refractivity contribution in [3.63, 3.8) is 0 Å². The number of fused-ring (bicyclic) bond motifs is 1. The fourth-order valence-corrected chi connectivity index (χ4v) is 3.10. The molecule has 1 aliphatic heterocycles. The molecule has 0 radical (unpaired) electrons. The zero-order valence-electron chi connectivity index (χ0n) is 12.2. The molecule has 0 fully saturated rings. The molecule has 1 aromatic heterocycles. The molecule has 4 nitrogen and oxygen atoms in total. The minimum Gasteiger partial charge on any atom is -0.309 e. The van der Waals surface area contributed by atoms with Crippen molar-refractivity contribution in [2.45, 2.75) is 12.3 Å². The van der Waals surface area contributed by atoms with E-state index in [0.29, 0.717) is 11.4 Å². The molecule has 0 unspecified atom stereocenters. The lowest BCUT2D eigenvalue weighted by Crippen LogP contribution is -2.23. The Morgan fingerprint density at radius 3 is 2.57 bits per heavy atom. The van der Waals surface area contributed by atoms with Crippen LogP contribution in [-0.4, -0.2) is 16.1 Å². The van der Waals surface area contributed by atoms with Crippen molar-refractivity contribution in [2.24, 2.45) is 0 Å². The first kappa shape index (κ1) is 13.7. The first-order valence-electron chi connectivity index (χ1n) is 7.42. The Hall–Kier alpha value is -2.95. The van der Waals surface area contributed by atoms with E-state index in [0.717, 1.165) is 16.8 Å². The van der Waals surface area contributed by atoms with E-state index in [1.54, 1.807) is 18.2 Å². The zero-order chi connectivity index (χ0) is 15.8. The lowest BCUT2D eigenvalue weighted by Gasteiger charge is -2.23. The summed E-state index contributed by atoms with van der Waals surface area (Å²) in [5.41, 5.74) is 3.12. The van der Waals surface area contributed by atoms with Crippen LogP contribution in [0.25, 0.3) is 11.3 Å². The third kappa shape index (κ3) is 2.30. The number of carbonyl (C=O) groups is 1. The first-order chi connectivity index (χ1) is 11.2. The summed E-state index contributed by atoms with van der Waals surface area (Å²) in [4.78, 5) is 12.0. The number of nitrogens with one attached hydrogen (secondary N) is 2. The van der Waals surface area contributed by atoms with Gasteiger partial charge in [-0.05, 0) is 17.2 Å². The Bertz CT molecular complexity index is 873. The Morgan fingerprint density at radius 2 is 1.78 bits per heavy atom. The van der Waals surface area contributed by atoms with Crippen LogP contribution in [0.15, 0.2) is 54.6 Å². The molecular weight excluding hydrogens is 293 g/mol. The van der Waals surface area contributed by atoms with Crippen LogP contribution in [0.3, 0.4) is 0 Å². The fourth-order valence-electron chi connectivity index (χ4n) is 3.10. The predicted octanol–water partition coefficient (Wildman–Crippen LogP) is 3.69. The number of benzene rings is 2. The molecule has 1 amide bonds. The first-order valence-corrected chi connectivity index (χ1v) is 7.42. The summed E-state index contributed by atoms with van der Waals surface area (Å²) in [5, 5.41) is 9.96. The smallest absolute Gasteiger partial charge is 0.226 e. The van der Waals surface area contributed by atoms with Crippen LogP contribution < -0.4 is 5.32 Å². The molecule has 5 heteroatoms. The molecule has 23 heavy (non-hydrogen) atoms. The van der Waals surface area contributed by atoms with Crippen molar-refractivity contribution in [1.29, 1.82) is 0 Å². The Kier molecular flexibility index (Phi) is 3.19. The highest BCUT2D eigenvalue weighted by Crippen LogP contribution is 2.42. The number of carbonyl (C=O) groups excluding carboxylic acids is 1. The highest BCUT2D eigenvalue weighted by atomic mass is 19.1. The van der Waals surface area contributed by atoms with Gasteiger partial charge in [-0.3, -0.25) is 9.89 Å². The highest BCUT2D eigenvalue weighted by molar-refractivity contribution is 5.96. The van der Waals surface area contributed by atoms with E-state index in [4.69, 9.17) is 0 Å². The molecular formula is C18H14FN3O. The molecule has 0 saturated carbocycles. The number of halogens is 1. The van der Waals surface area contributed by atoms with Crippen molar-refractivity contribution in [1.82, 2.24) is 10.2 Å². The number of hydrogen-bond donors (Lipinski definition) is 2. The number of nitrogens with zero attached hydrogens (tertiary/aromatic N) is 1. The van der Waals surface area contributed by atoms with Crippen molar-refractivity contribution in [2.75, 3.05) is 5.32 Å². The average molecular weight is 307 g/mol. The van der Waals surface area contributed by atoms with Crippen LogP contribution in [0.2, 0.25) is 0 Å². The average Bonchev–Trinajstić information content (AvgIpc) is 2.99. The van der Waals surface area contributed by atoms with Gasteiger partial charge < -0.3 is 5.32 Å². The van der Waals surface area contributed by atoms with Gasteiger partial charge in [-0.2, -0.15) is 5.10 Å². The summed E-state index contributed by atoms with van der Waals surface area (Å²) in [6, 6.07) is 16.3. The normalized spacial score (nSPS) is 16.7. The molecule has 2 aromatic carbocycles. The molecule has 0 bridgehead atoms. The third-order valence-electron chi connectivity index (χ3n) is 4.14. The minimum atomic E-state index is -0.353. The minimum absolute atomic E-state index is 0.156. The zero-order valence-corrected chi connectivity index (χ0v) is 12.2. The van der Waals surface area contributed by atoms with Crippen molar-refractivity contribution in [3.8, 4) is 11.3 Å². The molecule has 0 aliphatic carbocycles. The van der Waals surface area contributed by atoms with Crippen LogP contribution in [0.4, 0.5) is 10.2 Å². The maximum Gasteiger partial charge on any atom is 0.226 e. The van der Waals surface area contributed by atoms with Crippen LogP contribution in [0, 0.1) is 5.82 Å². The highest BCUT2D eigenvalue weighted by Gasteiger charge is 2.33. The van der Waals surface area contributed by atoms with Gasteiger partial charge >= 0.3 is 0 Å². The van der Waals surface area contributed by atoms with E-state index in [-0.39, 0.29) is 24.1 Å². The molecule has 2 N–H and O–H groups in total. The van der Waals surface area contributed by atoms with E-state index in [9.17, 15) is 9.18 Å². The van der Waals surface area contributed by atoms with Gasteiger partial charge in [0, 0.05) is 17.9 Å². The van der Waals surface area contributed by atoms with Crippen LogP contribution >= 0.6 is 0 Å². The molecule has 1 atom stereocenters. The van der Waals surface area contributed by atoms with Gasteiger partial charge in [0.1, 0.15) is 5.82 Å². The summed E-state index contributed by atoms with van der Waals surface area (Å²) >= 11 is 0. The maximum absolute atomic E-state index is 14.3. The number of H-pyrrole nitrogens is 1. The quantitative estimate of drug-likeness (QED) is 0.758. The molecule has 1 aliphatic rings. The Balaban J connectivity index is 1.91. The van der Waals surface area contributed by atoms with Crippen molar-refractivity contribution < 1.29 is 9.18 Å². The number of amides is 1. The standard InChI is InChI=1S/C18H14FN3O/c19-14-9-5-4-8-12(14)13-10-15(23)20-18-16(13)17(21-22-18)11-6-2-1-3-7-11/h1-9,13H,10H2,(H2,20,21,22,23)/t13-/m1/s1. The summed E-state index contributed by atoms with van der Waals surface area (Å²) in [5.74, 6) is -0.336. The second kappa shape index (κ2) is 5.35. The summed E-state index contributed by atoms with van der Waals surface area (Å²) in [6.07, 6.45) is 0.202. The molecule has 0 spiro atoms. The van der Waals surface area contributed by atoms with Crippen LogP contribution in [0.1, 0.15) is 23.5 Å². The predicted molar refractivity (Wildman–Crippen MR) is 85.5 cm³/mol. The molecule has 114 valence electrons. The molecule has 4 rings (SSSR count). The largest absolute Gasteiger partial charge is 0.309 e. The lowest BCUT2D eigenvalue weighted by molar-refractivity contribution is -0.116. The summed E-state index contributed by atoms with van der Waals surface area (Å²) in [7, 11) is 0. The van der Waals surface area contributed by atoms with Gasteiger partial charge in [0.15, 0.2) is 5.82 Å². The topological polar surface area (TPSA) is 57.8 Å². The Labute approximate surface area is 132 Å². The second-order valence-corrected chi connectivity index (χ2v) is 5.55. The number of hydrogen-bond acceptors (Lipinski definition) is 2. The maximum atomic E-state index is 14.3. The van der Waals surface area contributed by atoms with E-state index in [1.165, 1.54) is 6.07 Å². The lowest BCUT2D eigenvalue weighted by atomic mass is 9.84. The van der Waals surface area contributed by atoms with E-state index in [1.807, 2.05) is 30.3 Å².